The van der Waals surface area contributed by atoms with E-state index in [9.17, 15) is 9.59 Å². The summed E-state index contributed by atoms with van der Waals surface area (Å²) >= 11 is 0. The predicted molar refractivity (Wildman–Crippen MR) is 156 cm³/mol. The number of hydrogen-bond donors (Lipinski definition) is 1. The molecule has 2 amide bonds. The Labute approximate surface area is 238 Å². The fraction of sp³-hybridized carbons (Fsp3) is 0.562. The Kier molecular flexibility index (Phi) is 9.27. The maximum Gasteiger partial charge on any atom is 0.254 e. The largest absolute Gasteiger partial charge is 0.490 e. The Morgan fingerprint density at radius 1 is 0.900 bits per heavy atom. The molecule has 2 atom stereocenters. The van der Waals surface area contributed by atoms with E-state index in [1.54, 1.807) is 0 Å². The lowest BCUT2D eigenvalue weighted by Crippen LogP contribution is -2.50. The smallest absolute Gasteiger partial charge is 0.254 e. The third-order valence-corrected chi connectivity index (χ3v) is 8.42. The van der Waals surface area contributed by atoms with Gasteiger partial charge in [-0.25, -0.2) is 0 Å². The molecule has 1 saturated heterocycles. The molecule has 2 aromatic carbocycles. The minimum atomic E-state index is -0.488. The molecule has 0 bridgehead atoms. The number of piperazine rings is 1. The van der Waals surface area contributed by atoms with E-state index in [1.165, 1.54) is 13.0 Å². The quantitative estimate of drug-likeness (QED) is 0.430. The SMILES string of the molecule is CCCN1CCN(CCCNC(=O)[C@@H]2c3ccccc3C(=O)N3CCc4cc(OCC)c(OCC)cc4[C@H]23)CC1. The number of rotatable bonds is 11. The van der Waals surface area contributed by atoms with Gasteiger partial charge in [0.25, 0.3) is 5.91 Å². The summed E-state index contributed by atoms with van der Waals surface area (Å²) in [5.41, 5.74) is 3.52. The lowest BCUT2D eigenvalue weighted by molar-refractivity contribution is -0.124. The number of carbonyl (C=O) groups excluding carboxylic acids is 2. The average Bonchev–Trinajstić information content (AvgIpc) is 2.97. The van der Waals surface area contributed by atoms with E-state index < -0.39 is 5.92 Å². The molecule has 0 aliphatic carbocycles. The molecule has 3 heterocycles. The molecule has 40 heavy (non-hydrogen) atoms. The number of ether oxygens (including phenoxy) is 2. The first kappa shape index (κ1) is 28.4. The fourth-order valence-electron chi connectivity index (χ4n) is 6.53. The van der Waals surface area contributed by atoms with Crippen LogP contribution in [0, 0.1) is 0 Å². The van der Waals surface area contributed by atoms with Gasteiger partial charge in [-0.2, -0.15) is 0 Å². The van der Waals surface area contributed by atoms with Crippen LogP contribution < -0.4 is 14.8 Å². The van der Waals surface area contributed by atoms with Crippen LogP contribution in [0.5, 0.6) is 11.5 Å². The zero-order chi connectivity index (χ0) is 28.1. The summed E-state index contributed by atoms with van der Waals surface area (Å²) in [6, 6.07) is 11.3. The second-order valence-corrected chi connectivity index (χ2v) is 10.9. The van der Waals surface area contributed by atoms with Gasteiger partial charge in [0.15, 0.2) is 11.5 Å². The zero-order valence-electron chi connectivity index (χ0n) is 24.3. The van der Waals surface area contributed by atoms with Crippen LogP contribution in [0.2, 0.25) is 0 Å². The van der Waals surface area contributed by atoms with Gasteiger partial charge in [-0.05, 0) is 81.1 Å². The van der Waals surface area contributed by atoms with E-state index in [2.05, 4.69) is 22.0 Å². The van der Waals surface area contributed by atoms with Crippen molar-refractivity contribution in [1.82, 2.24) is 20.0 Å². The van der Waals surface area contributed by atoms with Crippen LogP contribution in [0.25, 0.3) is 0 Å². The summed E-state index contributed by atoms with van der Waals surface area (Å²) in [6.45, 7) is 15.0. The standard InChI is InChI=1S/C32H44N4O4/c1-4-14-34-17-19-35(20-18-34)15-9-13-33-31(37)29-24-10-7-8-11-25(24)32(38)36-16-12-23-21-27(39-5-2)28(40-6-3)22-26(23)30(29)36/h7-8,10-11,21-22,29-30H,4-6,9,12-20H2,1-3H3,(H,33,37)/t29-,30-/m1/s1. The molecule has 0 spiro atoms. The predicted octanol–water partition coefficient (Wildman–Crippen LogP) is 3.85. The molecule has 216 valence electrons. The molecule has 8 nitrogen and oxygen atoms in total. The summed E-state index contributed by atoms with van der Waals surface area (Å²) in [5.74, 6) is 0.856. The average molecular weight is 549 g/mol. The van der Waals surface area contributed by atoms with Crippen molar-refractivity contribution in [1.29, 1.82) is 0 Å². The van der Waals surface area contributed by atoms with E-state index in [4.69, 9.17) is 9.47 Å². The molecule has 0 aromatic heterocycles. The lowest BCUT2D eigenvalue weighted by atomic mass is 9.75. The number of nitrogens with zero attached hydrogens (tertiary/aromatic N) is 3. The molecule has 0 unspecified atom stereocenters. The molecule has 1 fully saturated rings. The maximum atomic E-state index is 14.0. The summed E-state index contributed by atoms with van der Waals surface area (Å²) in [4.78, 5) is 34.5. The van der Waals surface area contributed by atoms with Crippen molar-refractivity contribution < 1.29 is 19.1 Å². The third kappa shape index (κ3) is 5.84. The van der Waals surface area contributed by atoms with Crippen LogP contribution in [-0.4, -0.2) is 92.1 Å². The Bertz CT molecular complexity index is 1190. The summed E-state index contributed by atoms with van der Waals surface area (Å²) in [6.07, 6.45) is 2.82. The first-order valence-corrected chi connectivity index (χ1v) is 15.1. The van der Waals surface area contributed by atoms with Gasteiger partial charge in [0.1, 0.15) is 0 Å². The van der Waals surface area contributed by atoms with Crippen molar-refractivity contribution in [3.05, 3.63) is 58.7 Å². The fourth-order valence-corrected chi connectivity index (χ4v) is 6.53. The maximum absolute atomic E-state index is 14.0. The van der Waals surface area contributed by atoms with Crippen molar-refractivity contribution in [2.45, 2.75) is 52.0 Å². The molecule has 8 heteroatoms. The molecule has 2 aromatic rings. The zero-order valence-corrected chi connectivity index (χ0v) is 24.3. The van der Waals surface area contributed by atoms with Gasteiger partial charge in [0.2, 0.25) is 5.91 Å². The van der Waals surface area contributed by atoms with Gasteiger partial charge < -0.3 is 29.5 Å². The number of hydrogen-bond acceptors (Lipinski definition) is 6. The van der Waals surface area contributed by atoms with Crippen LogP contribution in [-0.2, 0) is 11.2 Å². The molecule has 0 saturated carbocycles. The number of nitrogens with one attached hydrogen (secondary N) is 1. The second-order valence-electron chi connectivity index (χ2n) is 10.9. The molecule has 0 radical (unpaired) electrons. The van der Waals surface area contributed by atoms with E-state index in [0.29, 0.717) is 44.0 Å². The Balaban J connectivity index is 1.35. The van der Waals surface area contributed by atoms with Gasteiger partial charge in [0, 0.05) is 44.8 Å². The summed E-state index contributed by atoms with van der Waals surface area (Å²) < 4.78 is 11.8. The van der Waals surface area contributed by atoms with Crippen molar-refractivity contribution in [3.8, 4) is 11.5 Å². The van der Waals surface area contributed by atoms with Crippen LogP contribution in [0.15, 0.2) is 36.4 Å². The Morgan fingerprint density at radius 2 is 1.57 bits per heavy atom. The molecule has 1 N–H and O–H groups in total. The molecule has 3 aliphatic rings. The van der Waals surface area contributed by atoms with Crippen molar-refractivity contribution in [2.75, 3.05) is 65.6 Å². The first-order valence-electron chi connectivity index (χ1n) is 15.1. The van der Waals surface area contributed by atoms with Crippen molar-refractivity contribution >= 4 is 11.8 Å². The monoisotopic (exact) mass is 548 g/mol. The van der Waals surface area contributed by atoms with Crippen LogP contribution >= 0.6 is 0 Å². The first-order chi connectivity index (χ1) is 19.5. The van der Waals surface area contributed by atoms with Gasteiger partial charge in [0.05, 0.1) is 25.2 Å². The molecular weight excluding hydrogens is 504 g/mol. The second kappa shape index (κ2) is 13.0. The van der Waals surface area contributed by atoms with Gasteiger partial charge >= 0.3 is 0 Å². The Morgan fingerprint density at radius 3 is 2.27 bits per heavy atom. The molecule has 3 aliphatic heterocycles. The summed E-state index contributed by atoms with van der Waals surface area (Å²) in [5, 5.41) is 3.24. The molecular formula is C32H44N4O4. The highest BCUT2D eigenvalue weighted by atomic mass is 16.5. The van der Waals surface area contributed by atoms with Gasteiger partial charge in [-0.15, -0.1) is 0 Å². The highest BCUT2D eigenvalue weighted by Crippen LogP contribution is 2.48. The van der Waals surface area contributed by atoms with Crippen molar-refractivity contribution in [3.63, 3.8) is 0 Å². The number of fused-ring (bicyclic) bond motifs is 4. The normalized spacial score (nSPS) is 20.9. The number of amides is 2. The van der Waals surface area contributed by atoms with E-state index in [1.807, 2.05) is 55.1 Å². The lowest BCUT2D eigenvalue weighted by Gasteiger charge is -2.45. The highest BCUT2D eigenvalue weighted by molar-refractivity contribution is 6.01. The van der Waals surface area contributed by atoms with E-state index >= 15 is 0 Å². The van der Waals surface area contributed by atoms with Gasteiger partial charge in [-0.3, -0.25) is 9.59 Å². The topological polar surface area (TPSA) is 74.4 Å². The number of benzene rings is 2. The molecule has 5 rings (SSSR count). The van der Waals surface area contributed by atoms with Crippen LogP contribution in [0.4, 0.5) is 0 Å². The third-order valence-electron chi connectivity index (χ3n) is 8.42. The van der Waals surface area contributed by atoms with E-state index in [-0.39, 0.29) is 17.9 Å². The summed E-state index contributed by atoms with van der Waals surface area (Å²) in [7, 11) is 0. The number of carbonyl (C=O) groups is 2. The highest BCUT2D eigenvalue weighted by Gasteiger charge is 2.46. The van der Waals surface area contributed by atoms with Crippen LogP contribution in [0.3, 0.4) is 0 Å². The van der Waals surface area contributed by atoms with Crippen LogP contribution in [0.1, 0.15) is 72.6 Å². The minimum absolute atomic E-state index is 0.00985. The van der Waals surface area contributed by atoms with Gasteiger partial charge in [-0.1, -0.05) is 25.1 Å². The minimum Gasteiger partial charge on any atom is -0.490 e. The van der Waals surface area contributed by atoms with Crippen molar-refractivity contribution in [2.24, 2.45) is 0 Å². The van der Waals surface area contributed by atoms with E-state index in [0.717, 1.165) is 61.6 Å². The Hall–Kier alpha value is -3.10.